The molecule has 0 saturated carbocycles. The molecule has 0 aliphatic rings. The van der Waals surface area contributed by atoms with Crippen LogP contribution in [0.3, 0.4) is 0 Å². The molecule has 138 valence electrons. The van der Waals surface area contributed by atoms with E-state index in [1.54, 1.807) is 12.1 Å². The topological polar surface area (TPSA) is 70.9 Å². The number of halogens is 1. The third-order valence-electron chi connectivity index (χ3n) is 3.98. The summed E-state index contributed by atoms with van der Waals surface area (Å²) in [5.41, 5.74) is 4.24. The number of benzene rings is 3. The lowest BCUT2D eigenvalue weighted by atomic mass is 10.0. The number of nitrogens with one attached hydrogen (secondary N) is 1. The van der Waals surface area contributed by atoms with E-state index < -0.39 is 0 Å². The summed E-state index contributed by atoms with van der Waals surface area (Å²) in [4.78, 5) is 12.2. The molecule has 3 aromatic carbocycles. The van der Waals surface area contributed by atoms with Crippen LogP contribution >= 0.6 is 22.6 Å². The Hall–Kier alpha value is -2.61. The molecule has 3 rings (SSSR count). The van der Waals surface area contributed by atoms with E-state index in [0.29, 0.717) is 15.9 Å². The van der Waals surface area contributed by atoms with Crippen LogP contribution in [0.15, 0.2) is 59.7 Å². The van der Waals surface area contributed by atoms with Crippen LogP contribution < -0.4 is 10.2 Å². The van der Waals surface area contributed by atoms with Crippen LogP contribution in [0.1, 0.15) is 18.1 Å². The van der Waals surface area contributed by atoms with Gasteiger partial charge in [0.2, 0.25) is 5.91 Å². The zero-order valence-electron chi connectivity index (χ0n) is 14.8. The van der Waals surface area contributed by atoms with Crippen molar-refractivity contribution in [2.45, 2.75) is 13.3 Å². The monoisotopic (exact) mass is 474 g/mol. The zero-order valence-corrected chi connectivity index (χ0v) is 16.9. The molecule has 0 fully saturated rings. The molecule has 0 atom stereocenters. The largest absolute Gasteiger partial charge is 0.504 e. The van der Waals surface area contributed by atoms with Gasteiger partial charge in [-0.25, -0.2) is 5.43 Å². The minimum atomic E-state index is -0.193. The maximum Gasteiger partial charge on any atom is 0.244 e. The molecule has 3 aromatic rings. The third-order valence-corrected chi connectivity index (χ3v) is 4.81. The summed E-state index contributed by atoms with van der Waals surface area (Å²) in [5, 5.41) is 16.2. The second kappa shape index (κ2) is 8.85. The lowest BCUT2D eigenvalue weighted by molar-refractivity contribution is -0.120. The van der Waals surface area contributed by atoms with Crippen molar-refractivity contribution in [2.24, 2.45) is 5.10 Å². The van der Waals surface area contributed by atoms with Gasteiger partial charge in [-0.1, -0.05) is 42.5 Å². The van der Waals surface area contributed by atoms with Gasteiger partial charge in [0.25, 0.3) is 0 Å². The Morgan fingerprint density at radius 1 is 1.22 bits per heavy atom. The van der Waals surface area contributed by atoms with Crippen LogP contribution in [0.2, 0.25) is 0 Å². The molecule has 0 unspecified atom stereocenters. The van der Waals surface area contributed by atoms with Gasteiger partial charge >= 0.3 is 0 Å². The van der Waals surface area contributed by atoms with Crippen molar-refractivity contribution in [2.75, 3.05) is 6.61 Å². The number of amides is 1. The zero-order chi connectivity index (χ0) is 19.2. The Balaban J connectivity index is 1.68. The molecular formula is C21H19IN2O3. The Labute approximate surface area is 171 Å². The SMILES string of the molecule is CCOc1cc(C=NNC(=O)Cc2cccc3ccccc23)cc(I)c1O. The van der Waals surface area contributed by atoms with Crippen LogP contribution in [-0.4, -0.2) is 23.8 Å². The molecule has 0 saturated heterocycles. The van der Waals surface area contributed by atoms with Gasteiger partial charge in [-0.05, 0) is 63.5 Å². The quantitative estimate of drug-likeness (QED) is 0.319. The number of hydrazone groups is 1. The van der Waals surface area contributed by atoms with Crippen LogP contribution in [-0.2, 0) is 11.2 Å². The molecule has 0 radical (unpaired) electrons. The molecule has 0 heterocycles. The summed E-state index contributed by atoms with van der Waals surface area (Å²) in [6, 6.07) is 17.3. The molecule has 1 amide bonds. The molecule has 0 aliphatic carbocycles. The molecule has 5 nitrogen and oxygen atoms in total. The van der Waals surface area contributed by atoms with Crippen LogP contribution in [0, 0.1) is 3.57 Å². The average molecular weight is 474 g/mol. The molecule has 0 bridgehead atoms. The van der Waals surface area contributed by atoms with Crippen LogP contribution in [0.5, 0.6) is 11.5 Å². The van der Waals surface area contributed by atoms with Gasteiger partial charge in [-0.3, -0.25) is 4.79 Å². The van der Waals surface area contributed by atoms with Gasteiger partial charge in [0.05, 0.1) is 22.8 Å². The van der Waals surface area contributed by atoms with Crippen LogP contribution in [0.25, 0.3) is 10.8 Å². The summed E-state index contributed by atoms with van der Waals surface area (Å²) in [7, 11) is 0. The van der Waals surface area contributed by atoms with Crippen molar-refractivity contribution < 1.29 is 14.6 Å². The number of carbonyl (C=O) groups excluding carboxylic acids is 1. The van der Waals surface area contributed by atoms with Crippen molar-refractivity contribution >= 4 is 45.5 Å². The lowest BCUT2D eigenvalue weighted by Gasteiger charge is -2.08. The highest BCUT2D eigenvalue weighted by atomic mass is 127. The van der Waals surface area contributed by atoms with E-state index >= 15 is 0 Å². The summed E-state index contributed by atoms with van der Waals surface area (Å²) in [6.45, 7) is 2.30. The molecule has 0 aliphatic heterocycles. The number of hydrogen-bond donors (Lipinski definition) is 2. The predicted octanol–water partition coefficient (Wildman–Crippen LogP) is 4.24. The van der Waals surface area contributed by atoms with Crippen molar-refractivity contribution in [3.63, 3.8) is 0 Å². The van der Waals surface area contributed by atoms with E-state index in [1.165, 1.54) is 6.21 Å². The number of ether oxygens (including phenoxy) is 1. The minimum absolute atomic E-state index is 0.106. The van der Waals surface area contributed by atoms with E-state index in [4.69, 9.17) is 4.74 Å². The fraction of sp³-hybridized carbons (Fsp3) is 0.143. The first-order valence-electron chi connectivity index (χ1n) is 8.52. The second-order valence-electron chi connectivity index (χ2n) is 5.89. The highest BCUT2D eigenvalue weighted by Crippen LogP contribution is 2.32. The standard InChI is InChI=1S/C21H19IN2O3/c1-2-27-19-11-14(10-18(22)21(19)26)13-23-24-20(25)12-16-8-5-7-15-6-3-4-9-17(15)16/h3-11,13,26H,2,12H2,1H3,(H,24,25). The summed E-state index contributed by atoms with van der Waals surface area (Å²) in [6.07, 6.45) is 1.78. The van der Waals surface area contributed by atoms with E-state index in [0.717, 1.165) is 21.9 Å². The minimum Gasteiger partial charge on any atom is -0.504 e. The highest BCUT2D eigenvalue weighted by Gasteiger charge is 2.09. The second-order valence-corrected chi connectivity index (χ2v) is 7.05. The first-order valence-corrected chi connectivity index (χ1v) is 9.60. The van der Waals surface area contributed by atoms with Crippen molar-refractivity contribution in [3.05, 3.63) is 69.3 Å². The highest BCUT2D eigenvalue weighted by molar-refractivity contribution is 14.1. The smallest absolute Gasteiger partial charge is 0.244 e. The molecule has 0 aromatic heterocycles. The number of aromatic hydroxyl groups is 1. The van der Waals surface area contributed by atoms with Gasteiger partial charge < -0.3 is 9.84 Å². The maximum absolute atomic E-state index is 12.2. The van der Waals surface area contributed by atoms with Gasteiger partial charge in [-0.15, -0.1) is 0 Å². The van der Waals surface area contributed by atoms with E-state index in [9.17, 15) is 9.90 Å². The molecule has 27 heavy (non-hydrogen) atoms. The molecule has 2 N–H and O–H groups in total. The van der Waals surface area contributed by atoms with Crippen molar-refractivity contribution in [3.8, 4) is 11.5 Å². The predicted molar refractivity (Wildman–Crippen MR) is 115 cm³/mol. The van der Waals surface area contributed by atoms with Gasteiger partial charge in [0.1, 0.15) is 0 Å². The summed E-state index contributed by atoms with van der Waals surface area (Å²) in [5.74, 6) is 0.309. The first kappa shape index (κ1) is 19.2. The number of hydrogen-bond acceptors (Lipinski definition) is 4. The Kier molecular flexibility index (Phi) is 6.28. The first-order chi connectivity index (χ1) is 13.1. The number of phenolic OH excluding ortho intramolecular Hbond substituents is 1. The van der Waals surface area contributed by atoms with Gasteiger partial charge in [0, 0.05) is 0 Å². The number of fused-ring (bicyclic) bond motifs is 1. The third kappa shape index (κ3) is 4.77. The van der Waals surface area contributed by atoms with Gasteiger partial charge in [-0.2, -0.15) is 5.10 Å². The van der Waals surface area contributed by atoms with E-state index in [-0.39, 0.29) is 18.1 Å². The number of phenols is 1. The maximum atomic E-state index is 12.2. The van der Waals surface area contributed by atoms with Gasteiger partial charge in [0.15, 0.2) is 11.5 Å². The van der Waals surface area contributed by atoms with E-state index in [1.807, 2.05) is 72.0 Å². The average Bonchev–Trinajstić information content (AvgIpc) is 2.66. The summed E-state index contributed by atoms with van der Waals surface area (Å²) >= 11 is 2.02. The van der Waals surface area contributed by atoms with Crippen LogP contribution in [0.4, 0.5) is 0 Å². The number of nitrogens with zero attached hydrogens (tertiary/aromatic N) is 1. The fourth-order valence-corrected chi connectivity index (χ4v) is 3.40. The molecular weight excluding hydrogens is 455 g/mol. The normalized spacial score (nSPS) is 11.0. The number of carbonyl (C=O) groups is 1. The molecule has 6 heteroatoms. The molecule has 0 spiro atoms. The Bertz CT molecular complexity index is 997. The van der Waals surface area contributed by atoms with Crippen molar-refractivity contribution in [1.29, 1.82) is 0 Å². The fourth-order valence-electron chi connectivity index (χ4n) is 2.77. The Morgan fingerprint density at radius 3 is 2.81 bits per heavy atom. The number of rotatable bonds is 6. The van der Waals surface area contributed by atoms with E-state index in [2.05, 4.69) is 10.5 Å². The Morgan fingerprint density at radius 2 is 2.00 bits per heavy atom. The van der Waals surface area contributed by atoms with Crippen molar-refractivity contribution in [1.82, 2.24) is 5.43 Å². The summed E-state index contributed by atoms with van der Waals surface area (Å²) < 4.78 is 6.06. The lowest BCUT2D eigenvalue weighted by Crippen LogP contribution is -2.19.